The third-order valence-corrected chi connectivity index (χ3v) is 3.20. The molecule has 0 spiro atoms. The fourth-order valence-electron chi connectivity index (χ4n) is 2.25. The molecule has 3 N–H and O–H groups in total. The van der Waals surface area contributed by atoms with Crippen molar-refractivity contribution in [3.63, 3.8) is 0 Å². The first-order valence-electron chi connectivity index (χ1n) is 6.27. The van der Waals surface area contributed by atoms with Crippen molar-refractivity contribution in [2.24, 2.45) is 4.99 Å². The predicted molar refractivity (Wildman–Crippen MR) is 68.6 cm³/mol. The molecule has 4 nitrogen and oxygen atoms in total. The molecule has 18 heavy (non-hydrogen) atoms. The summed E-state index contributed by atoms with van der Waals surface area (Å²) in [6, 6.07) is 0. The van der Waals surface area contributed by atoms with E-state index in [1.807, 2.05) is 6.08 Å². The van der Waals surface area contributed by atoms with E-state index in [0.29, 0.717) is 12.3 Å². The summed E-state index contributed by atoms with van der Waals surface area (Å²) in [5.74, 6) is 0. The Labute approximate surface area is 106 Å². The van der Waals surface area contributed by atoms with Gasteiger partial charge in [-0.25, -0.2) is 4.39 Å². The van der Waals surface area contributed by atoms with Crippen molar-refractivity contribution in [3.05, 3.63) is 23.3 Å². The standard InChI is InChI=1S/C13H19FN2O2/c14-12-6-9(5-11(18)8-17)7-16-13(12)10-1-3-15-4-2-10/h1,6,11-12,15,17-18H,2-5,7-8H2/t11-,12?/m1/s1. The van der Waals surface area contributed by atoms with E-state index in [4.69, 9.17) is 5.11 Å². The van der Waals surface area contributed by atoms with E-state index in [1.54, 1.807) is 0 Å². The first-order valence-corrected chi connectivity index (χ1v) is 6.27. The smallest absolute Gasteiger partial charge is 0.160 e. The molecule has 1 unspecified atom stereocenters. The maximum atomic E-state index is 14.0. The van der Waals surface area contributed by atoms with E-state index < -0.39 is 12.3 Å². The van der Waals surface area contributed by atoms with E-state index in [-0.39, 0.29) is 13.0 Å². The summed E-state index contributed by atoms with van der Waals surface area (Å²) in [6.45, 7) is 1.73. The minimum absolute atomic E-state index is 0.286. The first-order chi connectivity index (χ1) is 8.70. The lowest BCUT2D eigenvalue weighted by Gasteiger charge is -2.22. The quantitative estimate of drug-likeness (QED) is 0.635. The van der Waals surface area contributed by atoms with Crippen LogP contribution in [0.4, 0.5) is 4.39 Å². The van der Waals surface area contributed by atoms with Gasteiger partial charge in [0.15, 0.2) is 6.17 Å². The van der Waals surface area contributed by atoms with Crippen LogP contribution in [0.15, 0.2) is 28.3 Å². The predicted octanol–water partition coefficient (Wildman–Crippen LogP) is 0.368. The van der Waals surface area contributed by atoms with Crippen LogP contribution in [-0.2, 0) is 0 Å². The second kappa shape index (κ2) is 6.22. The molecule has 2 aliphatic rings. The highest BCUT2D eigenvalue weighted by Crippen LogP contribution is 2.21. The highest BCUT2D eigenvalue weighted by atomic mass is 19.1. The Kier molecular flexibility index (Phi) is 4.63. The molecule has 2 rings (SSSR count). The van der Waals surface area contributed by atoms with Gasteiger partial charge in [-0.05, 0) is 36.6 Å². The van der Waals surface area contributed by atoms with Gasteiger partial charge in [0.2, 0.25) is 0 Å². The van der Waals surface area contributed by atoms with E-state index in [9.17, 15) is 9.50 Å². The molecule has 0 saturated carbocycles. The summed E-state index contributed by atoms with van der Waals surface area (Å²) in [7, 11) is 0. The molecular weight excluding hydrogens is 235 g/mol. The second-order valence-corrected chi connectivity index (χ2v) is 4.65. The van der Waals surface area contributed by atoms with Crippen molar-refractivity contribution in [3.8, 4) is 0 Å². The lowest BCUT2D eigenvalue weighted by molar-refractivity contribution is 0.0950. The Morgan fingerprint density at radius 3 is 3.00 bits per heavy atom. The summed E-state index contributed by atoms with van der Waals surface area (Å²) in [5.41, 5.74) is 2.26. The normalized spacial score (nSPS) is 26.2. The molecule has 5 heteroatoms. The van der Waals surface area contributed by atoms with Gasteiger partial charge in [-0.2, -0.15) is 0 Å². The fourth-order valence-corrected chi connectivity index (χ4v) is 2.25. The number of aliphatic hydroxyl groups is 2. The highest BCUT2D eigenvalue weighted by Gasteiger charge is 2.22. The Hall–Kier alpha value is -1.04. The summed E-state index contributed by atoms with van der Waals surface area (Å²) in [4.78, 5) is 4.29. The highest BCUT2D eigenvalue weighted by molar-refractivity contribution is 6.05. The number of aliphatic hydroxyl groups excluding tert-OH is 2. The van der Waals surface area contributed by atoms with E-state index in [1.165, 1.54) is 6.08 Å². The molecule has 0 aromatic heterocycles. The molecule has 2 aliphatic heterocycles. The van der Waals surface area contributed by atoms with Crippen molar-refractivity contribution in [2.45, 2.75) is 25.1 Å². The molecule has 2 heterocycles. The number of allylic oxidation sites excluding steroid dienone is 1. The van der Waals surface area contributed by atoms with Crippen LogP contribution in [-0.4, -0.2) is 54.4 Å². The van der Waals surface area contributed by atoms with Crippen LogP contribution in [0.25, 0.3) is 0 Å². The zero-order chi connectivity index (χ0) is 13.0. The summed E-state index contributed by atoms with van der Waals surface area (Å²) in [5, 5.41) is 21.3. The average Bonchev–Trinajstić information content (AvgIpc) is 2.40. The molecule has 0 radical (unpaired) electrons. The van der Waals surface area contributed by atoms with Crippen LogP contribution in [0.5, 0.6) is 0 Å². The number of rotatable bonds is 4. The molecule has 0 aromatic carbocycles. The second-order valence-electron chi connectivity index (χ2n) is 4.65. The topological polar surface area (TPSA) is 64.8 Å². The number of hydrogen-bond donors (Lipinski definition) is 3. The maximum Gasteiger partial charge on any atom is 0.160 e. The van der Waals surface area contributed by atoms with Gasteiger partial charge < -0.3 is 15.5 Å². The zero-order valence-electron chi connectivity index (χ0n) is 10.3. The summed E-state index contributed by atoms with van der Waals surface area (Å²) >= 11 is 0. The number of halogens is 1. The third-order valence-electron chi connectivity index (χ3n) is 3.20. The average molecular weight is 254 g/mol. The van der Waals surface area contributed by atoms with E-state index in [2.05, 4.69) is 10.3 Å². The van der Waals surface area contributed by atoms with Gasteiger partial charge in [-0.1, -0.05) is 6.08 Å². The SMILES string of the molecule is OC[C@H](O)CC1=CC(F)C(C2=CCNCC2)=NC1. The summed E-state index contributed by atoms with van der Waals surface area (Å²) in [6.07, 6.45) is 2.58. The number of aliphatic imine (C=N–C) groups is 1. The first kappa shape index (κ1) is 13.4. The van der Waals surface area contributed by atoms with Gasteiger partial charge in [0.1, 0.15) is 0 Å². The molecule has 0 saturated heterocycles. The van der Waals surface area contributed by atoms with Crippen LogP contribution in [0, 0.1) is 0 Å². The van der Waals surface area contributed by atoms with E-state index >= 15 is 0 Å². The molecule has 0 aliphatic carbocycles. The Bertz CT molecular complexity index is 390. The van der Waals surface area contributed by atoms with Crippen LogP contribution < -0.4 is 5.32 Å². The number of nitrogens with one attached hydrogen (secondary N) is 1. The van der Waals surface area contributed by atoms with Gasteiger partial charge in [0.05, 0.1) is 25.0 Å². The van der Waals surface area contributed by atoms with Crippen LogP contribution in [0.3, 0.4) is 0 Å². The van der Waals surface area contributed by atoms with Gasteiger partial charge in [0, 0.05) is 6.54 Å². The Morgan fingerprint density at radius 2 is 2.39 bits per heavy atom. The van der Waals surface area contributed by atoms with Gasteiger partial charge >= 0.3 is 0 Å². The molecule has 0 amide bonds. The lowest BCUT2D eigenvalue weighted by Crippen LogP contribution is -2.29. The van der Waals surface area contributed by atoms with E-state index in [0.717, 1.165) is 30.7 Å². The van der Waals surface area contributed by atoms with Crippen LogP contribution >= 0.6 is 0 Å². The number of nitrogens with zero attached hydrogens (tertiary/aromatic N) is 1. The number of hydrogen-bond acceptors (Lipinski definition) is 4. The van der Waals surface area contributed by atoms with Crippen LogP contribution in [0.1, 0.15) is 12.8 Å². The van der Waals surface area contributed by atoms with Crippen molar-refractivity contribution in [2.75, 3.05) is 26.2 Å². The van der Waals surface area contributed by atoms with Gasteiger partial charge in [-0.15, -0.1) is 0 Å². The largest absolute Gasteiger partial charge is 0.394 e. The number of dihydropyridines is 1. The number of alkyl halides is 1. The Balaban J connectivity index is 2.00. The zero-order valence-corrected chi connectivity index (χ0v) is 10.3. The van der Waals surface area contributed by atoms with Crippen molar-refractivity contribution >= 4 is 5.71 Å². The minimum atomic E-state index is -1.19. The van der Waals surface area contributed by atoms with Gasteiger partial charge in [-0.3, -0.25) is 4.99 Å². The molecule has 2 atom stereocenters. The fraction of sp³-hybridized carbons (Fsp3) is 0.615. The van der Waals surface area contributed by atoms with Crippen LogP contribution in [0.2, 0.25) is 0 Å². The molecule has 100 valence electrons. The molecular formula is C13H19FN2O2. The van der Waals surface area contributed by atoms with Crippen molar-refractivity contribution in [1.82, 2.24) is 5.32 Å². The third kappa shape index (κ3) is 3.25. The molecule has 0 fully saturated rings. The summed E-state index contributed by atoms with van der Waals surface area (Å²) < 4.78 is 14.0. The van der Waals surface area contributed by atoms with Crippen molar-refractivity contribution in [1.29, 1.82) is 0 Å². The molecule has 0 bridgehead atoms. The molecule has 0 aromatic rings. The minimum Gasteiger partial charge on any atom is -0.394 e. The maximum absolute atomic E-state index is 14.0. The Morgan fingerprint density at radius 1 is 1.56 bits per heavy atom. The van der Waals surface area contributed by atoms with Gasteiger partial charge in [0.25, 0.3) is 0 Å². The van der Waals surface area contributed by atoms with Crippen molar-refractivity contribution < 1.29 is 14.6 Å². The monoisotopic (exact) mass is 254 g/mol. The lowest BCUT2D eigenvalue weighted by atomic mass is 9.95.